The summed E-state index contributed by atoms with van der Waals surface area (Å²) in [5.41, 5.74) is 1.15. The molecule has 7 heteroatoms. The van der Waals surface area contributed by atoms with Gasteiger partial charge in [0.05, 0.1) is 19.8 Å². The fourth-order valence-corrected chi connectivity index (χ4v) is 4.17. The van der Waals surface area contributed by atoms with E-state index in [1.54, 1.807) is 0 Å². The van der Waals surface area contributed by atoms with Crippen molar-refractivity contribution in [1.29, 1.82) is 0 Å². The van der Waals surface area contributed by atoms with Crippen molar-refractivity contribution in [2.75, 3.05) is 53.0 Å². The Hall–Kier alpha value is -2.28. The summed E-state index contributed by atoms with van der Waals surface area (Å²) in [6.07, 6.45) is 4.32. The van der Waals surface area contributed by atoms with Crippen molar-refractivity contribution in [3.63, 3.8) is 0 Å². The van der Waals surface area contributed by atoms with E-state index < -0.39 is 0 Å². The van der Waals surface area contributed by atoms with Crippen molar-refractivity contribution in [3.05, 3.63) is 29.8 Å². The number of ether oxygens (including phenoxy) is 2. The summed E-state index contributed by atoms with van der Waals surface area (Å²) in [6.45, 7) is 5.96. The zero-order valence-electron chi connectivity index (χ0n) is 18.0. The lowest BCUT2D eigenvalue weighted by Crippen LogP contribution is -2.49. The molecule has 0 aromatic heterocycles. The molecule has 4 rings (SSSR count). The number of carbonyl (C=O) groups excluding carboxylic acids is 1. The molecule has 0 atom stereocenters. The maximum Gasteiger partial charge on any atom is 0.225 e. The second-order valence-electron chi connectivity index (χ2n) is 8.46. The summed E-state index contributed by atoms with van der Waals surface area (Å²) in [5, 5.41) is 3.49. The van der Waals surface area contributed by atoms with Gasteiger partial charge >= 0.3 is 0 Å². The Kier molecular flexibility index (Phi) is 7.10. The van der Waals surface area contributed by atoms with E-state index in [2.05, 4.69) is 21.3 Å². The highest BCUT2D eigenvalue weighted by Crippen LogP contribution is 2.30. The molecule has 0 bridgehead atoms. The van der Waals surface area contributed by atoms with Gasteiger partial charge < -0.3 is 24.6 Å². The molecule has 1 aliphatic carbocycles. The Morgan fingerprint density at radius 2 is 1.83 bits per heavy atom. The van der Waals surface area contributed by atoms with Gasteiger partial charge in [-0.3, -0.25) is 9.79 Å². The van der Waals surface area contributed by atoms with Crippen LogP contribution >= 0.6 is 0 Å². The molecule has 0 unspecified atom stereocenters. The van der Waals surface area contributed by atoms with E-state index in [1.807, 2.05) is 30.1 Å². The molecule has 1 aromatic carbocycles. The summed E-state index contributed by atoms with van der Waals surface area (Å²) in [4.78, 5) is 21.5. The lowest BCUT2D eigenvalue weighted by atomic mass is 9.95. The number of carbonyl (C=O) groups is 1. The summed E-state index contributed by atoms with van der Waals surface area (Å²) >= 11 is 0. The molecular formula is C23H34N4O3. The average Bonchev–Trinajstić information content (AvgIpc) is 3.64. The summed E-state index contributed by atoms with van der Waals surface area (Å²) < 4.78 is 11.4. The maximum absolute atomic E-state index is 12.8. The van der Waals surface area contributed by atoms with Crippen molar-refractivity contribution >= 4 is 11.9 Å². The van der Waals surface area contributed by atoms with Crippen molar-refractivity contribution in [3.8, 4) is 5.75 Å². The van der Waals surface area contributed by atoms with E-state index >= 15 is 0 Å². The third-order valence-electron chi connectivity index (χ3n) is 6.26. The molecule has 1 aromatic rings. The van der Waals surface area contributed by atoms with Gasteiger partial charge in [-0.05, 0) is 37.7 Å². The molecule has 1 N–H and O–H groups in total. The molecule has 2 heterocycles. The summed E-state index contributed by atoms with van der Waals surface area (Å²) in [7, 11) is 1.82. The number of benzene rings is 1. The van der Waals surface area contributed by atoms with E-state index in [1.165, 1.54) is 12.8 Å². The molecule has 3 fully saturated rings. The van der Waals surface area contributed by atoms with Gasteiger partial charge in [0.15, 0.2) is 5.96 Å². The number of likely N-dealkylation sites (tertiary alicyclic amines) is 1. The zero-order chi connectivity index (χ0) is 20.8. The van der Waals surface area contributed by atoms with Crippen LogP contribution in [0.25, 0.3) is 0 Å². The van der Waals surface area contributed by atoms with Crippen LogP contribution in [0.15, 0.2) is 29.3 Å². The fourth-order valence-electron chi connectivity index (χ4n) is 4.17. The largest absolute Gasteiger partial charge is 0.493 e. The molecule has 1 amide bonds. The van der Waals surface area contributed by atoms with Crippen LogP contribution in [0.4, 0.5) is 0 Å². The molecule has 2 aliphatic heterocycles. The number of para-hydroxylation sites is 1. The van der Waals surface area contributed by atoms with E-state index in [0.29, 0.717) is 25.7 Å². The number of hydrogen-bond donors (Lipinski definition) is 1. The maximum atomic E-state index is 12.8. The van der Waals surface area contributed by atoms with Gasteiger partial charge in [0.25, 0.3) is 0 Å². The number of nitrogens with one attached hydrogen (secondary N) is 1. The Balaban J connectivity index is 1.26. The Labute approximate surface area is 179 Å². The van der Waals surface area contributed by atoms with E-state index in [4.69, 9.17) is 9.47 Å². The molecular weight excluding hydrogens is 380 g/mol. The lowest BCUT2D eigenvalue weighted by molar-refractivity contribution is -0.140. The number of guanidine groups is 1. The Morgan fingerprint density at radius 1 is 1.10 bits per heavy atom. The highest BCUT2D eigenvalue weighted by molar-refractivity contribution is 5.81. The fraction of sp³-hybridized carbons (Fsp3) is 0.652. The third kappa shape index (κ3) is 5.45. The number of rotatable bonds is 6. The molecule has 7 nitrogen and oxygen atoms in total. The van der Waals surface area contributed by atoms with E-state index in [-0.39, 0.29) is 5.92 Å². The van der Waals surface area contributed by atoms with Crippen molar-refractivity contribution < 1.29 is 14.3 Å². The normalized spacial score (nSPS) is 20.9. The monoisotopic (exact) mass is 414 g/mol. The smallest absolute Gasteiger partial charge is 0.225 e. The highest BCUT2D eigenvalue weighted by atomic mass is 16.5. The zero-order valence-corrected chi connectivity index (χ0v) is 18.0. The summed E-state index contributed by atoms with van der Waals surface area (Å²) in [6, 6.07) is 8.23. The van der Waals surface area contributed by atoms with Gasteiger partial charge in [-0.15, -0.1) is 0 Å². The molecule has 3 aliphatic rings. The van der Waals surface area contributed by atoms with Crippen LogP contribution in [0.2, 0.25) is 0 Å². The van der Waals surface area contributed by atoms with Crippen LogP contribution in [0.5, 0.6) is 5.75 Å². The number of piperidine rings is 1. The van der Waals surface area contributed by atoms with Gasteiger partial charge in [-0.25, -0.2) is 0 Å². The van der Waals surface area contributed by atoms with Crippen LogP contribution in [0.3, 0.4) is 0 Å². The number of hydrogen-bond acceptors (Lipinski definition) is 4. The van der Waals surface area contributed by atoms with Crippen LogP contribution in [-0.4, -0.2) is 74.7 Å². The third-order valence-corrected chi connectivity index (χ3v) is 6.26. The minimum atomic E-state index is 0.119. The van der Waals surface area contributed by atoms with Crippen LogP contribution in [-0.2, 0) is 16.1 Å². The second kappa shape index (κ2) is 10.2. The van der Waals surface area contributed by atoms with E-state index in [0.717, 1.165) is 68.8 Å². The first kappa shape index (κ1) is 21.0. The SMILES string of the molecule is CN=C(NCc1ccccc1OCC1CC1)N1CCC(C(=O)N2CCOCC2)CC1. The van der Waals surface area contributed by atoms with Gasteiger partial charge in [0.2, 0.25) is 5.91 Å². The van der Waals surface area contributed by atoms with Crippen molar-refractivity contribution in [1.82, 2.24) is 15.1 Å². The molecule has 0 spiro atoms. The minimum Gasteiger partial charge on any atom is -0.493 e. The predicted octanol–water partition coefficient (Wildman–Crippen LogP) is 2.12. The van der Waals surface area contributed by atoms with Crippen molar-refractivity contribution in [2.24, 2.45) is 16.8 Å². The van der Waals surface area contributed by atoms with Crippen molar-refractivity contribution in [2.45, 2.75) is 32.2 Å². The molecule has 0 radical (unpaired) electrons. The highest BCUT2D eigenvalue weighted by Gasteiger charge is 2.30. The lowest BCUT2D eigenvalue weighted by Gasteiger charge is -2.36. The van der Waals surface area contributed by atoms with Gasteiger partial charge in [-0.1, -0.05) is 18.2 Å². The molecule has 30 heavy (non-hydrogen) atoms. The number of aliphatic imine (C=N–C) groups is 1. The van der Waals surface area contributed by atoms with Crippen LogP contribution in [0, 0.1) is 11.8 Å². The van der Waals surface area contributed by atoms with Gasteiger partial charge in [0, 0.05) is 51.3 Å². The second-order valence-corrected chi connectivity index (χ2v) is 8.46. The Bertz CT molecular complexity index is 736. The molecule has 164 valence electrons. The quantitative estimate of drug-likeness (QED) is 0.571. The minimum absolute atomic E-state index is 0.119. The first-order valence-electron chi connectivity index (χ1n) is 11.3. The first-order chi connectivity index (χ1) is 14.7. The molecule has 1 saturated carbocycles. The number of nitrogens with zero attached hydrogens (tertiary/aromatic N) is 3. The van der Waals surface area contributed by atoms with Gasteiger partial charge in [-0.2, -0.15) is 0 Å². The average molecular weight is 415 g/mol. The Morgan fingerprint density at radius 3 is 2.53 bits per heavy atom. The molecule has 2 saturated heterocycles. The number of morpholine rings is 1. The predicted molar refractivity (Wildman–Crippen MR) is 117 cm³/mol. The van der Waals surface area contributed by atoms with E-state index in [9.17, 15) is 4.79 Å². The number of amides is 1. The van der Waals surface area contributed by atoms with Crippen LogP contribution in [0.1, 0.15) is 31.2 Å². The van der Waals surface area contributed by atoms with Gasteiger partial charge in [0.1, 0.15) is 5.75 Å². The first-order valence-corrected chi connectivity index (χ1v) is 11.3. The standard InChI is InChI=1S/C23H34N4O3/c1-24-23(25-16-20-4-2-3-5-21(20)30-17-18-6-7-18)27-10-8-19(9-11-27)22(28)26-12-14-29-15-13-26/h2-5,18-19H,6-17H2,1H3,(H,24,25). The van der Waals surface area contributed by atoms with Crippen LogP contribution < -0.4 is 10.1 Å². The summed E-state index contributed by atoms with van der Waals surface area (Å²) in [5.74, 6) is 3.00. The topological polar surface area (TPSA) is 66.4 Å².